The second-order valence-electron chi connectivity index (χ2n) is 6.34. The van der Waals surface area contributed by atoms with Gasteiger partial charge in [0.1, 0.15) is 5.15 Å². The van der Waals surface area contributed by atoms with Gasteiger partial charge in [0.05, 0.1) is 18.7 Å². The number of amides is 1. The number of methoxy groups -OCH3 is 1. The summed E-state index contributed by atoms with van der Waals surface area (Å²) in [7, 11) is 1.05. The van der Waals surface area contributed by atoms with Gasteiger partial charge in [-0.1, -0.05) is 11.6 Å². The van der Waals surface area contributed by atoms with Crippen molar-refractivity contribution in [2.24, 2.45) is 0 Å². The molecule has 1 unspecified atom stereocenters. The summed E-state index contributed by atoms with van der Waals surface area (Å²) in [6, 6.07) is 1.18. The maximum Gasteiger partial charge on any atom is 0.418 e. The van der Waals surface area contributed by atoms with Crippen LogP contribution in [0.25, 0.3) is 0 Å². The van der Waals surface area contributed by atoms with E-state index in [0.29, 0.717) is 42.7 Å². The highest BCUT2D eigenvalue weighted by atomic mass is 35.5. The molecule has 6 nitrogen and oxygen atoms in total. The molecule has 1 atom stereocenters. The molecule has 2 heterocycles. The minimum Gasteiger partial charge on any atom is -0.452 e. The second-order valence-corrected chi connectivity index (χ2v) is 6.70. The average Bonchev–Trinajstić information content (AvgIpc) is 2.68. The van der Waals surface area contributed by atoms with E-state index in [9.17, 15) is 26.7 Å². The van der Waals surface area contributed by atoms with E-state index in [2.05, 4.69) is 14.7 Å². The standard InChI is InChI=1S/C18H15ClF5N3O3/c1-29-17(28)27(12-4-2-3-11-10(12)5-6-25-14(11)19)15-13(30-16(20)21)7-9(8-26-15)18(22,23)24/h5-8,12,16H,2-4H2,1H3. The monoisotopic (exact) mass is 451 g/mol. The van der Waals surface area contributed by atoms with Crippen LogP contribution in [0.5, 0.6) is 5.75 Å². The van der Waals surface area contributed by atoms with Gasteiger partial charge >= 0.3 is 18.9 Å². The molecule has 0 spiro atoms. The number of rotatable bonds is 4. The van der Waals surface area contributed by atoms with Gasteiger partial charge in [0, 0.05) is 12.4 Å². The molecular weight excluding hydrogens is 437 g/mol. The molecule has 30 heavy (non-hydrogen) atoms. The summed E-state index contributed by atoms with van der Waals surface area (Å²) < 4.78 is 74.0. The van der Waals surface area contributed by atoms with Crippen LogP contribution in [0.4, 0.5) is 32.6 Å². The Balaban J connectivity index is 2.16. The van der Waals surface area contributed by atoms with Crippen molar-refractivity contribution >= 4 is 23.5 Å². The van der Waals surface area contributed by atoms with Crippen molar-refractivity contribution in [2.45, 2.75) is 38.1 Å². The number of anilines is 1. The first-order valence-corrected chi connectivity index (χ1v) is 9.03. The molecule has 0 N–H and O–H groups in total. The quantitative estimate of drug-likeness (QED) is 0.460. The number of fused-ring (bicyclic) bond motifs is 1. The number of ether oxygens (including phenoxy) is 2. The predicted octanol–water partition coefficient (Wildman–Crippen LogP) is 5.40. The third-order valence-electron chi connectivity index (χ3n) is 4.59. The van der Waals surface area contributed by atoms with Gasteiger partial charge < -0.3 is 9.47 Å². The van der Waals surface area contributed by atoms with Gasteiger partial charge in [-0.15, -0.1) is 0 Å². The molecular formula is C18H15ClF5N3O3. The summed E-state index contributed by atoms with van der Waals surface area (Å²) in [5.74, 6) is -1.43. The molecule has 0 fully saturated rings. The Kier molecular flexibility index (Phi) is 6.30. The van der Waals surface area contributed by atoms with E-state index in [4.69, 9.17) is 16.3 Å². The van der Waals surface area contributed by atoms with Crippen LogP contribution in [0, 0.1) is 0 Å². The maximum atomic E-state index is 13.0. The third-order valence-corrected chi connectivity index (χ3v) is 4.92. The summed E-state index contributed by atoms with van der Waals surface area (Å²) in [6.07, 6.45) is -2.53. The first-order chi connectivity index (χ1) is 14.1. The lowest BCUT2D eigenvalue weighted by Gasteiger charge is -2.35. The van der Waals surface area contributed by atoms with E-state index >= 15 is 0 Å². The van der Waals surface area contributed by atoms with Crippen LogP contribution in [0.15, 0.2) is 24.5 Å². The molecule has 1 aliphatic carbocycles. The van der Waals surface area contributed by atoms with Gasteiger partial charge in [0.15, 0.2) is 11.6 Å². The van der Waals surface area contributed by atoms with Gasteiger partial charge in [-0.25, -0.2) is 14.8 Å². The first kappa shape index (κ1) is 22.0. The Labute approximate surface area is 172 Å². The van der Waals surface area contributed by atoms with Crippen molar-refractivity contribution in [3.63, 3.8) is 0 Å². The first-order valence-electron chi connectivity index (χ1n) is 8.66. The second kappa shape index (κ2) is 8.58. The van der Waals surface area contributed by atoms with Crippen LogP contribution < -0.4 is 9.64 Å². The SMILES string of the molecule is COC(=O)N(c1ncc(C(F)(F)F)cc1OC(F)F)C1CCCc2c1ccnc2Cl. The zero-order chi connectivity index (χ0) is 22.1. The minimum atomic E-state index is -4.85. The number of alkyl halides is 5. The highest BCUT2D eigenvalue weighted by molar-refractivity contribution is 6.30. The fourth-order valence-electron chi connectivity index (χ4n) is 3.35. The van der Waals surface area contributed by atoms with Crippen LogP contribution in [0.2, 0.25) is 5.15 Å². The van der Waals surface area contributed by atoms with E-state index < -0.39 is 42.1 Å². The van der Waals surface area contributed by atoms with Crippen molar-refractivity contribution in [3.05, 3.63) is 46.4 Å². The van der Waals surface area contributed by atoms with Gasteiger partial charge in [-0.3, -0.25) is 4.90 Å². The fourth-order valence-corrected chi connectivity index (χ4v) is 3.61. The highest BCUT2D eigenvalue weighted by Crippen LogP contribution is 2.43. The molecule has 0 radical (unpaired) electrons. The average molecular weight is 452 g/mol. The molecule has 1 amide bonds. The summed E-state index contributed by atoms with van der Waals surface area (Å²) in [5, 5.41) is 0.214. The number of aromatic nitrogens is 2. The van der Waals surface area contributed by atoms with Gasteiger partial charge in [-0.2, -0.15) is 22.0 Å². The molecule has 0 bridgehead atoms. The molecule has 0 saturated carbocycles. The van der Waals surface area contributed by atoms with Crippen LogP contribution in [-0.4, -0.2) is 29.8 Å². The lowest BCUT2D eigenvalue weighted by molar-refractivity contribution is -0.138. The third kappa shape index (κ3) is 4.40. The van der Waals surface area contributed by atoms with E-state index in [0.717, 1.165) is 12.0 Å². The normalized spacial score (nSPS) is 16.2. The van der Waals surface area contributed by atoms with Crippen molar-refractivity contribution < 1.29 is 36.2 Å². The molecule has 3 rings (SSSR count). The van der Waals surface area contributed by atoms with Crippen LogP contribution in [-0.2, 0) is 17.3 Å². The van der Waals surface area contributed by atoms with Crippen LogP contribution in [0.3, 0.4) is 0 Å². The zero-order valence-electron chi connectivity index (χ0n) is 15.4. The van der Waals surface area contributed by atoms with Crippen molar-refractivity contribution in [1.82, 2.24) is 9.97 Å². The summed E-state index contributed by atoms with van der Waals surface area (Å²) >= 11 is 6.13. The smallest absolute Gasteiger partial charge is 0.418 e. The number of halogens is 6. The number of hydrogen-bond donors (Lipinski definition) is 0. The van der Waals surface area contributed by atoms with Gasteiger partial charge in [-0.05, 0) is 42.5 Å². The van der Waals surface area contributed by atoms with E-state index in [1.54, 1.807) is 6.07 Å². The Morgan fingerprint density at radius 1 is 1.33 bits per heavy atom. The zero-order valence-corrected chi connectivity index (χ0v) is 16.2. The van der Waals surface area contributed by atoms with Crippen molar-refractivity contribution in [3.8, 4) is 5.75 Å². The minimum absolute atomic E-state index is 0.214. The highest BCUT2D eigenvalue weighted by Gasteiger charge is 2.38. The number of carbonyl (C=O) groups is 1. The molecule has 0 aliphatic heterocycles. The molecule has 2 aromatic rings. The number of carbonyl (C=O) groups excluding carboxylic acids is 1. The lowest BCUT2D eigenvalue weighted by atomic mass is 9.88. The van der Waals surface area contributed by atoms with Crippen LogP contribution >= 0.6 is 11.6 Å². The Bertz CT molecular complexity index is 942. The maximum absolute atomic E-state index is 13.0. The van der Waals surface area contributed by atoms with E-state index in [-0.39, 0.29) is 5.15 Å². The fraction of sp³-hybridized carbons (Fsp3) is 0.389. The van der Waals surface area contributed by atoms with Gasteiger partial charge in [0.2, 0.25) is 0 Å². The van der Waals surface area contributed by atoms with E-state index in [1.807, 2.05) is 0 Å². The van der Waals surface area contributed by atoms with Crippen LogP contribution in [0.1, 0.15) is 35.6 Å². The molecule has 1 aliphatic rings. The number of hydrogen-bond acceptors (Lipinski definition) is 5. The van der Waals surface area contributed by atoms with Crippen molar-refractivity contribution in [2.75, 3.05) is 12.0 Å². The number of pyridine rings is 2. The molecule has 0 saturated heterocycles. The lowest BCUT2D eigenvalue weighted by Crippen LogP contribution is -2.38. The predicted molar refractivity (Wildman–Crippen MR) is 95.7 cm³/mol. The molecule has 12 heteroatoms. The largest absolute Gasteiger partial charge is 0.452 e. The molecule has 162 valence electrons. The van der Waals surface area contributed by atoms with Crippen molar-refractivity contribution in [1.29, 1.82) is 0 Å². The topological polar surface area (TPSA) is 64.5 Å². The Morgan fingerprint density at radius 3 is 2.70 bits per heavy atom. The van der Waals surface area contributed by atoms with Gasteiger partial charge in [0.25, 0.3) is 0 Å². The molecule has 2 aromatic heterocycles. The Morgan fingerprint density at radius 2 is 2.07 bits per heavy atom. The number of nitrogens with zero attached hydrogens (tertiary/aromatic N) is 3. The summed E-state index contributed by atoms with van der Waals surface area (Å²) in [6.45, 7) is -3.44. The summed E-state index contributed by atoms with van der Waals surface area (Å²) in [4.78, 5) is 21.1. The summed E-state index contributed by atoms with van der Waals surface area (Å²) in [5.41, 5.74) is -0.0908. The van der Waals surface area contributed by atoms with E-state index in [1.165, 1.54) is 6.20 Å². The Hall–Kier alpha value is -2.69. The molecule has 0 aromatic carbocycles.